The average Bonchev–Trinajstić information content (AvgIpc) is 3.00. The van der Waals surface area contributed by atoms with Crippen LogP contribution >= 0.6 is 20.5 Å². The lowest BCUT2D eigenvalue weighted by Gasteiger charge is -2.05. The van der Waals surface area contributed by atoms with Crippen LogP contribution in [-0.2, 0) is 9.09 Å². The van der Waals surface area contributed by atoms with Crippen molar-refractivity contribution in [3.63, 3.8) is 0 Å². The first kappa shape index (κ1) is 44.5. The SMILES string of the molecule is O=P(O)(O)OCCCCCCCCCCCCCCCCCCCCCCCCCCCCCCCCCCCCCCS. The molecular formula is C38H79O4PS. The van der Waals surface area contributed by atoms with Gasteiger partial charge in [0.25, 0.3) is 0 Å². The molecule has 0 aromatic heterocycles. The van der Waals surface area contributed by atoms with Crippen molar-refractivity contribution >= 4 is 20.5 Å². The lowest BCUT2D eigenvalue weighted by molar-refractivity contribution is 0.193. The van der Waals surface area contributed by atoms with E-state index in [0.717, 1.165) is 25.0 Å². The molecule has 0 heterocycles. The van der Waals surface area contributed by atoms with E-state index >= 15 is 0 Å². The molecular weight excluding hydrogens is 583 g/mol. The molecule has 0 radical (unpaired) electrons. The standard InChI is InChI=1S/C38H79O4PS/c39-43(40,41)42-37-35-33-31-29-27-25-23-21-19-17-15-13-11-9-7-5-3-1-2-4-6-8-10-12-14-16-18-20-22-24-26-28-30-32-34-36-38-44/h44H,1-38H2,(H2,39,40,41). The zero-order chi connectivity index (χ0) is 32.1. The van der Waals surface area contributed by atoms with Crippen molar-refractivity contribution in [2.45, 2.75) is 231 Å². The van der Waals surface area contributed by atoms with Gasteiger partial charge in [0.2, 0.25) is 0 Å². The normalized spacial score (nSPS) is 12.0. The van der Waals surface area contributed by atoms with Crippen molar-refractivity contribution in [2.24, 2.45) is 0 Å². The molecule has 44 heavy (non-hydrogen) atoms. The minimum Gasteiger partial charge on any atom is -0.303 e. The molecule has 0 aliphatic rings. The number of rotatable bonds is 39. The fourth-order valence-corrected chi connectivity index (χ4v) is 7.00. The van der Waals surface area contributed by atoms with Gasteiger partial charge in [-0.25, -0.2) is 4.57 Å². The molecule has 266 valence electrons. The highest BCUT2D eigenvalue weighted by atomic mass is 32.1. The van der Waals surface area contributed by atoms with Crippen molar-refractivity contribution in [2.75, 3.05) is 12.4 Å². The molecule has 0 saturated carbocycles. The van der Waals surface area contributed by atoms with Crippen LogP contribution in [0.2, 0.25) is 0 Å². The van der Waals surface area contributed by atoms with Gasteiger partial charge in [-0.1, -0.05) is 218 Å². The van der Waals surface area contributed by atoms with E-state index in [1.54, 1.807) is 0 Å². The van der Waals surface area contributed by atoms with E-state index < -0.39 is 7.82 Å². The smallest absolute Gasteiger partial charge is 0.303 e. The predicted octanol–water partition coefficient (Wildman–Crippen LogP) is 14.1. The number of hydrogen-bond acceptors (Lipinski definition) is 3. The van der Waals surface area contributed by atoms with E-state index in [1.165, 1.54) is 212 Å². The van der Waals surface area contributed by atoms with Gasteiger partial charge in [-0.3, -0.25) is 4.52 Å². The minimum absolute atomic E-state index is 0.170. The van der Waals surface area contributed by atoms with E-state index in [0.29, 0.717) is 0 Å². The van der Waals surface area contributed by atoms with Gasteiger partial charge in [-0.2, -0.15) is 12.6 Å². The summed E-state index contributed by atoms with van der Waals surface area (Å²) in [5.74, 6) is 1.06. The summed E-state index contributed by atoms with van der Waals surface area (Å²) in [6, 6.07) is 0. The average molecular weight is 663 g/mol. The van der Waals surface area contributed by atoms with Crippen molar-refractivity contribution in [3.05, 3.63) is 0 Å². The van der Waals surface area contributed by atoms with Crippen molar-refractivity contribution in [1.29, 1.82) is 0 Å². The Morgan fingerprint density at radius 2 is 0.477 bits per heavy atom. The van der Waals surface area contributed by atoms with Gasteiger partial charge < -0.3 is 9.79 Å². The quantitative estimate of drug-likeness (QED) is 0.0348. The van der Waals surface area contributed by atoms with E-state index in [9.17, 15) is 4.57 Å². The Morgan fingerprint density at radius 3 is 0.636 bits per heavy atom. The summed E-state index contributed by atoms with van der Waals surface area (Å²) in [4.78, 5) is 17.3. The van der Waals surface area contributed by atoms with Crippen LogP contribution in [0.5, 0.6) is 0 Å². The first-order valence-electron chi connectivity index (χ1n) is 19.9. The van der Waals surface area contributed by atoms with Gasteiger partial charge in [0.1, 0.15) is 0 Å². The molecule has 0 aromatic carbocycles. The summed E-state index contributed by atoms with van der Waals surface area (Å²) in [6.45, 7) is 0.170. The first-order chi connectivity index (χ1) is 21.6. The molecule has 0 fully saturated rings. The molecule has 0 amide bonds. The summed E-state index contributed by atoms with van der Waals surface area (Å²) < 4.78 is 15.1. The summed E-state index contributed by atoms with van der Waals surface area (Å²) in [5, 5.41) is 0. The van der Waals surface area contributed by atoms with Gasteiger partial charge in [0, 0.05) is 0 Å². The Bertz CT molecular complexity index is 571. The maximum Gasteiger partial charge on any atom is 0.469 e. The molecule has 2 N–H and O–H groups in total. The maximum atomic E-state index is 10.6. The van der Waals surface area contributed by atoms with Gasteiger partial charge in [-0.05, 0) is 18.6 Å². The number of hydrogen-bond donors (Lipinski definition) is 3. The Morgan fingerprint density at radius 1 is 0.318 bits per heavy atom. The molecule has 0 saturated heterocycles. The molecule has 0 aromatic rings. The van der Waals surface area contributed by atoms with Crippen molar-refractivity contribution in [1.82, 2.24) is 0 Å². The second-order valence-electron chi connectivity index (χ2n) is 13.8. The third-order valence-electron chi connectivity index (χ3n) is 9.31. The Labute approximate surface area is 282 Å². The highest BCUT2D eigenvalue weighted by Crippen LogP contribution is 2.35. The largest absolute Gasteiger partial charge is 0.469 e. The molecule has 0 spiro atoms. The first-order valence-corrected chi connectivity index (χ1v) is 22.0. The summed E-state index contributed by atoms with van der Waals surface area (Å²) in [5.41, 5.74) is 0. The van der Waals surface area contributed by atoms with E-state index in [4.69, 9.17) is 9.79 Å². The van der Waals surface area contributed by atoms with Gasteiger partial charge >= 0.3 is 7.82 Å². The molecule has 4 nitrogen and oxygen atoms in total. The number of unbranched alkanes of at least 4 members (excludes halogenated alkanes) is 35. The molecule has 0 atom stereocenters. The molecule has 0 rings (SSSR count). The third-order valence-corrected chi connectivity index (χ3v) is 10.1. The molecule has 0 aliphatic carbocycles. The highest BCUT2D eigenvalue weighted by molar-refractivity contribution is 7.80. The fraction of sp³-hybridized carbons (Fsp3) is 1.00. The van der Waals surface area contributed by atoms with Gasteiger partial charge in [-0.15, -0.1) is 0 Å². The van der Waals surface area contributed by atoms with Crippen LogP contribution in [0.3, 0.4) is 0 Å². The Hall–Kier alpha value is 0.460. The fourth-order valence-electron chi connectivity index (χ4n) is 6.41. The Balaban J connectivity index is 3.05. The zero-order valence-electron chi connectivity index (χ0n) is 29.5. The predicted molar refractivity (Wildman–Crippen MR) is 198 cm³/mol. The van der Waals surface area contributed by atoms with Crippen LogP contribution in [0.4, 0.5) is 0 Å². The van der Waals surface area contributed by atoms with Crippen LogP contribution in [0.15, 0.2) is 0 Å². The number of thiol groups is 1. The molecule has 6 heteroatoms. The van der Waals surface area contributed by atoms with Crippen LogP contribution < -0.4 is 0 Å². The van der Waals surface area contributed by atoms with Crippen LogP contribution in [-0.4, -0.2) is 22.1 Å². The third kappa shape index (κ3) is 42.5. The number of phosphoric ester groups is 1. The maximum absolute atomic E-state index is 10.6. The van der Waals surface area contributed by atoms with Crippen LogP contribution in [0.1, 0.15) is 231 Å². The summed E-state index contributed by atoms with van der Waals surface area (Å²) in [6.07, 6.45) is 50.0. The molecule has 0 aliphatic heterocycles. The van der Waals surface area contributed by atoms with Gasteiger partial charge in [0.05, 0.1) is 6.61 Å². The van der Waals surface area contributed by atoms with E-state index in [2.05, 4.69) is 17.2 Å². The summed E-state index contributed by atoms with van der Waals surface area (Å²) >= 11 is 4.29. The number of phosphoric acid groups is 1. The lowest BCUT2D eigenvalue weighted by Crippen LogP contribution is -1.92. The van der Waals surface area contributed by atoms with Crippen LogP contribution in [0, 0.1) is 0 Å². The topological polar surface area (TPSA) is 66.8 Å². The van der Waals surface area contributed by atoms with Crippen molar-refractivity contribution < 1.29 is 18.9 Å². The lowest BCUT2D eigenvalue weighted by atomic mass is 10.0. The summed E-state index contributed by atoms with van der Waals surface area (Å²) in [7, 11) is -4.27. The van der Waals surface area contributed by atoms with E-state index in [-0.39, 0.29) is 6.61 Å². The van der Waals surface area contributed by atoms with Crippen molar-refractivity contribution in [3.8, 4) is 0 Å². The van der Waals surface area contributed by atoms with Crippen LogP contribution in [0.25, 0.3) is 0 Å². The molecule has 0 bridgehead atoms. The molecule has 0 unspecified atom stereocenters. The van der Waals surface area contributed by atoms with Gasteiger partial charge in [0.15, 0.2) is 0 Å². The second-order valence-corrected chi connectivity index (χ2v) is 15.5. The minimum atomic E-state index is -4.27. The second kappa shape index (κ2) is 37.9. The highest BCUT2D eigenvalue weighted by Gasteiger charge is 2.12. The van der Waals surface area contributed by atoms with E-state index in [1.807, 2.05) is 0 Å². The zero-order valence-corrected chi connectivity index (χ0v) is 31.3. The monoisotopic (exact) mass is 663 g/mol. The Kier molecular flexibility index (Phi) is 38.3.